The van der Waals surface area contributed by atoms with E-state index in [1.165, 1.54) is 29.4 Å². The average Bonchev–Trinajstić information content (AvgIpc) is 2.83. The van der Waals surface area contributed by atoms with Crippen LogP contribution in [0.15, 0.2) is 35.3 Å². The van der Waals surface area contributed by atoms with E-state index in [4.69, 9.17) is 0 Å². The van der Waals surface area contributed by atoms with E-state index in [0.717, 1.165) is 18.3 Å². The first-order chi connectivity index (χ1) is 15.4. The van der Waals surface area contributed by atoms with Crippen LogP contribution in [0.2, 0.25) is 0 Å². The Morgan fingerprint density at radius 3 is 2.55 bits per heavy atom. The molecule has 10 heteroatoms. The molecule has 0 spiro atoms. The molecule has 2 aliphatic heterocycles. The fourth-order valence-electron chi connectivity index (χ4n) is 4.26. The number of aliphatic hydroxyl groups is 1. The van der Waals surface area contributed by atoms with Crippen molar-refractivity contribution in [3.63, 3.8) is 0 Å². The predicted octanol–water partition coefficient (Wildman–Crippen LogP) is 1.78. The van der Waals surface area contributed by atoms with Crippen LogP contribution in [0.1, 0.15) is 51.9 Å². The van der Waals surface area contributed by atoms with Gasteiger partial charge in [0.05, 0.1) is 6.04 Å². The number of nitrogens with zero attached hydrogens (tertiary/aromatic N) is 2. The van der Waals surface area contributed by atoms with Gasteiger partial charge in [0.25, 0.3) is 11.8 Å². The lowest BCUT2D eigenvalue weighted by molar-refractivity contribution is 0.0205. The van der Waals surface area contributed by atoms with Gasteiger partial charge in [0.15, 0.2) is 11.4 Å². The smallest absolute Gasteiger partial charge is 0.275 e. The van der Waals surface area contributed by atoms with Crippen molar-refractivity contribution >= 4 is 11.8 Å². The van der Waals surface area contributed by atoms with Gasteiger partial charge in [-0.3, -0.25) is 14.4 Å². The molecule has 3 atom stereocenters. The molecule has 0 aliphatic carbocycles. The summed E-state index contributed by atoms with van der Waals surface area (Å²) in [6.45, 7) is 4.32. The van der Waals surface area contributed by atoms with Gasteiger partial charge in [-0.25, -0.2) is 8.78 Å². The number of carbonyl (C=O) groups is 2. The van der Waals surface area contributed by atoms with Crippen LogP contribution in [0.25, 0.3) is 0 Å². The Morgan fingerprint density at radius 2 is 1.91 bits per heavy atom. The number of halogens is 2. The van der Waals surface area contributed by atoms with E-state index in [0.29, 0.717) is 5.56 Å². The molecule has 174 valence electrons. The van der Waals surface area contributed by atoms with Gasteiger partial charge in [0.2, 0.25) is 5.43 Å². The molecule has 0 unspecified atom stereocenters. The van der Waals surface area contributed by atoms with Gasteiger partial charge in [-0.15, -0.1) is 0 Å². The number of aryl methyl sites for hydroxylation is 1. The maximum atomic E-state index is 14.1. The van der Waals surface area contributed by atoms with Gasteiger partial charge in [-0.05, 0) is 38.5 Å². The van der Waals surface area contributed by atoms with Gasteiger partial charge < -0.3 is 25.0 Å². The Morgan fingerprint density at radius 1 is 1.27 bits per heavy atom. The molecule has 1 aromatic carbocycles. The van der Waals surface area contributed by atoms with E-state index in [-0.39, 0.29) is 23.8 Å². The highest BCUT2D eigenvalue weighted by molar-refractivity contribution is 5.99. The Hall–Kier alpha value is -3.53. The first-order valence-corrected chi connectivity index (χ1v) is 10.4. The molecule has 0 saturated carbocycles. The Balaban J connectivity index is 1.74. The summed E-state index contributed by atoms with van der Waals surface area (Å²) >= 11 is 0. The molecule has 3 heterocycles. The number of rotatable bonds is 3. The molecule has 0 fully saturated rings. The van der Waals surface area contributed by atoms with Crippen LogP contribution in [0.5, 0.6) is 5.75 Å². The van der Waals surface area contributed by atoms with Crippen LogP contribution in [0.4, 0.5) is 8.78 Å². The Labute approximate surface area is 187 Å². The van der Waals surface area contributed by atoms with Crippen molar-refractivity contribution in [1.29, 1.82) is 0 Å². The Kier molecular flexibility index (Phi) is 5.36. The summed E-state index contributed by atoms with van der Waals surface area (Å²) in [7, 11) is 0. The quantitative estimate of drug-likeness (QED) is 0.606. The number of hydrogen-bond donors (Lipinski definition) is 3. The third kappa shape index (κ3) is 3.70. The third-order valence-electron chi connectivity index (χ3n) is 6.21. The molecule has 2 aromatic rings. The second kappa shape index (κ2) is 7.80. The molecule has 1 aromatic heterocycles. The molecule has 0 radical (unpaired) electrons. The SMILES string of the molecule is Cc1cc(F)c(CNC(=O)c2cn3c(c(O)c2=O)C(=O)N2C[C@@H]3[C@@](C)(O)C=C[C@@H]2C)c(F)c1. The van der Waals surface area contributed by atoms with Gasteiger partial charge in [0, 0.05) is 30.9 Å². The first-order valence-electron chi connectivity index (χ1n) is 10.4. The molecular weight excluding hydrogens is 436 g/mol. The summed E-state index contributed by atoms with van der Waals surface area (Å²) in [5.41, 5.74) is -3.43. The van der Waals surface area contributed by atoms with Gasteiger partial charge in [0.1, 0.15) is 22.8 Å². The minimum absolute atomic E-state index is 0.0795. The molecule has 33 heavy (non-hydrogen) atoms. The van der Waals surface area contributed by atoms with Crippen LogP contribution in [0, 0.1) is 18.6 Å². The topological polar surface area (TPSA) is 112 Å². The highest BCUT2D eigenvalue weighted by Crippen LogP contribution is 2.36. The largest absolute Gasteiger partial charge is 0.503 e. The zero-order valence-electron chi connectivity index (χ0n) is 18.2. The zero-order chi connectivity index (χ0) is 24.2. The number of benzene rings is 1. The maximum absolute atomic E-state index is 14.1. The van der Waals surface area contributed by atoms with Crippen molar-refractivity contribution in [2.75, 3.05) is 6.54 Å². The van der Waals surface area contributed by atoms with Crippen molar-refractivity contribution in [2.45, 2.75) is 45.0 Å². The van der Waals surface area contributed by atoms with E-state index in [1.54, 1.807) is 13.0 Å². The highest BCUT2D eigenvalue weighted by atomic mass is 19.1. The van der Waals surface area contributed by atoms with Crippen molar-refractivity contribution < 1.29 is 28.6 Å². The van der Waals surface area contributed by atoms with Crippen LogP contribution >= 0.6 is 0 Å². The van der Waals surface area contributed by atoms with Crippen LogP contribution < -0.4 is 10.7 Å². The summed E-state index contributed by atoms with van der Waals surface area (Å²) in [5.74, 6) is -4.23. The van der Waals surface area contributed by atoms with E-state index in [9.17, 15) is 33.4 Å². The van der Waals surface area contributed by atoms with E-state index in [1.807, 2.05) is 0 Å². The minimum atomic E-state index is -1.46. The molecule has 0 saturated heterocycles. The van der Waals surface area contributed by atoms with Gasteiger partial charge >= 0.3 is 0 Å². The van der Waals surface area contributed by atoms with Crippen molar-refractivity contribution in [3.8, 4) is 5.75 Å². The summed E-state index contributed by atoms with van der Waals surface area (Å²) in [6.07, 6.45) is 4.27. The van der Waals surface area contributed by atoms with Crippen molar-refractivity contribution in [2.24, 2.45) is 0 Å². The fraction of sp³-hybridized carbons (Fsp3) is 0.348. The molecule has 2 bridgehead atoms. The number of carbonyl (C=O) groups excluding carboxylic acids is 2. The molecular formula is C23H23F2N3O5. The molecule has 4 rings (SSSR count). The van der Waals surface area contributed by atoms with Crippen LogP contribution in [-0.4, -0.2) is 49.7 Å². The molecule has 2 amide bonds. The van der Waals surface area contributed by atoms with E-state index >= 15 is 0 Å². The first kappa shape index (κ1) is 22.7. The lowest BCUT2D eigenvalue weighted by Gasteiger charge is -2.41. The summed E-state index contributed by atoms with van der Waals surface area (Å²) in [6, 6.07) is 1.05. The third-order valence-corrected chi connectivity index (χ3v) is 6.21. The van der Waals surface area contributed by atoms with Crippen molar-refractivity contribution in [1.82, 2.24) is 14.8 Å². The number of aromatic hydroxyl groups is 1. The number of amides is 2. The second-order valence-corrected chi connectivity index (χ2v) is 8.67. The normalized spacial score (nSPS) is 23.8. The van der Waals surface area contributed by atoms with Crippen LogP contribution in [0.3, 0.4) is 0 Å². The average molecular weight is 459 g/mol. The second-order valence-electron chi connectivity index (χ2n) is 8.67. The summed E-state index contributed by atoms with van der Waals surface area (Å²) in [4.78, 5) is 39.9. The number of fused-ring (bicyclic) bond motifs is 4. The van der Waals surface area contributed by atoms with Crippen LogP contribution in [-0.2, 0) is 6.54 Å². The summed E-state index contributed by atoms with van der Waals surface area (Å²) in [5, 5.41) is 23.8. The number of aromatic nitrogens is 1. The highest BCUT2D eigenvalue weighted by Gasteiger charge is 2.45. The van der Waals surface area contributed by atoms with Crippen molar-refractivity contribution in [3.05, 3.63) is 74.7 Å². The molecule has 3 N–H and O–H groups in total. The lowest BCUT2D eigenvalue weighted by Crippen LogP contribution is -2.51. The molecule has 8 nitrogen and oxygen atoms in total. The lowest BCUT2D eigenvalue weighted by atomic mass is 9.93. The number of nitrogens with one attached hydrogen (secondary N) is 1. The summed E-state index contributed by atoms with van der Waals surface area (Å²) < 4.78 is 29.4. The minimum Gasteiger partial charge on any atom is -0.503 e. The van der Waals surface area contributed by atoms with Gasteiger partial charge in [-0.2, -0.15) is 0 Å². The fourth-order valence-corrected chi connectivity index (χ4v) is 4.26. The predicted molar refractivity (Wildman–Crippen MR) is 114 cm³/mol. The van der Waals surface area contributed by atoms with Gasteiger partial charge in [-0.1, -0.05) is 12.2 Å². The standard InChI is InChI=1S/C23H23F2N3O5/c1-11-6-15(24)13(16(25)7-11)8-26-21(31)14-9-28-17-10-27(12(2)4-5-23(17,3)33)22(32)18(28)20(30)19(14)29/h4-7,9,12,17,30,33H,8,10H2,1-3H3,(H,26,31)/t12-,17+,23-/m0/s1. The zero-order valence-corrected chi connectivity index (χ0v) is 18.2. The number of pyridine rings is 1. The monoisotopic (exact) mass is 459 g/mol. The number of hydrogen-bond acceptors (Lipinski definition) is 5. The van der Waals surface area contributed by atoms with E-state index in [2.05, 4.69) is 5.32 Å². The van der Waals surface area contributed by atoms with E-state index < -0.39 is 58.4 Å². The Bertz CT molecular complexity index is 1240. The molecule has 2 aliphatic rings. The maximum Gasteiger partial charge on any atom is 0.275 e.